The number of ether oxygens (including phenoxy) is 1. The molecule has 0 saturated heterocycles. The number of unbranched alkanes of at least 4 members (excludes halogenated alkanes) is 65. The maximum Gasteiger partial charge on any atom is 0.305 e. The molecule has 0 aromatic rings. The van der Waals surface area contributed by atoms with Gasteiger partial charge in [0.1, 0.15) is 0 Å². The van der Waals surface area contributed by atoms with E-state index in [-0.39, 0.29) is 18.5 Å². The standard InChI is InChI=1S/C80H157NO5/c1-3-5-7-9-11-13-15-17-19-20-42-45-48-52-56-60-64-68-72-78(83)77(76-82)81-79(84)73-69-65-61-57-53-49-46-43-40-38-36-34-32-30-28-26-24-22-21-23-25-27-29-31-33-35-37-39-41-44-47-51-55-59-63-67-71-75-86-80(85)74-70-66-62-58-54-50-18-16-14-12-10-8-6-4-2/h68,72,77-78,82-83H,3-67,69-71,73-76H2,1-2H3,(H,81,84)/b72-68+. The third-order valence-electron chi connectivity index (χ3n) is 19.1. The molecule has 0 aliphatic heterocycles. The number of carbonyl (C=O) groups is 2. The maximum atomic E-state index is 12.5. The van der Waals surface area contributed by atoms with Crippen LogP contribution >= 0.6 is 0 Å². The molecule has 2 atom stereocenters. The number of nitrogens with one attached hydrogen (secondary N) is 1. The van der Waals surface area contributed by atoms with Crippen LogP contribution in [0.15, 0.2) is 12.2 Å². The fourth-order valence-corrected chi connectivity index (χ4v) is 13.0. The molecular formula is C80H157NO5. The minimum atomic E-state index is -0.840. The molecule has 6 nitrogen and oxygen atoms in total. The summed E-state index contributed by atoms with van der Waals surface area (Å²) in [4.78, 5) is 24.6. The van der Waals surface area contributed by atoms with E-state index in [1.807, 2.05) is 6.08 Å². The fraction of sp³-hybridized carbons (Fsp3) is 0.950. The molecular weight excluding hydrogens is 1050 g/mol. The zero-order chi connectivity index (χ0) is 62.0. The van der Waals surface area contributed by atoms with Gasteiger partial charge in [0.2, 0.25) is 5.91 Å². The van der Waals surface area contributed by atoms with Crippen molar-refractivity contribution in [3.63, 3.8) is 0 Å². The first-order chi connectivity index (χ1) is 42.5. The molecule has 0 rings (SSSR count). The van der Waals surface area contributed by atoms with E-state index in [0.717, 1.165) is 38.5 Å². The molecule has 1 amide bonds. The van der Waals surface area contributed by atoms with Gasteiger partial charge in [0.05, 0.1) is 25.4 Å². The predicted octanol–water partition coefficient (Wildman–Crippen LogP) is 26.3. The van der Waals surface area contributed by atoms with Gasteiger partial charge in [0.15, 0.2) is 0 Å². The molecule has 0 bridgehead atoms. The number of allylic oxidation sites excluding steroid dienone is 1. The summed E-state index contributed by atoms with van der Waals surface area (Å²) in [5.41, 5.74) is 0. The predicted molar refractivity (Wildman–Crippen MR) is 380 cm³/mol. The van der Waals surface area contributed by atoms with Crippen molar-refractivity contribution in [2.24, 2.45) is 0 Å². The van der Waals surface area contributed by atoms with E-state index in [4.69, 9.17) is 4.74 Å². The molecule has 6 heteroatoms. The van der Waals surface area contributed by atoms with Crippen LogP contribution < -0.4 is 5.32 Å². The topological polar surface area (TPSA) is 95.9 Å². The Morgan fingerprint density at radius 1 is 0.314 bits per heavy atom. The third-order valence-corrected chi connectivity index (χ3v) is 19.1. The van der Waals surface area contributed by atoms with Gasteiger partial charge in [0.25, 0.3) is 0 Å². The Balaban J connectivity index is 3.31. The molecule has 0 heterocycles. The highest BCUT2D eigenvalue weighted by molar-refractivity contribution is 5.76. The molecule has 0 aromatic carbocycles. The molecule has 3 N–H and O–H groups in total. The Labute approximate surface area is 539 Å². The summed E-state index contributed by atoms with van der Waals surface area (Å²) in [5.74, 6) is -0.0312. The summed E-state index contributed by atoms with van der Waals surface area (Å²) < 4.78 is 5.50. The summed E-state index contributed by atoms with van der Waals surface area (Å²) in [6, 6.07) is -0.623. The Morgan fingerprint density at radius 3 is 0.791 bits per heavy atom. The highest BCUT2D eigenvalue weighted by Crippen LogP contribution is 2.20. The zero-order valence-corrected chi connectivity index (χ0v) is 58.8. The Morgan fingerprint density at radius 2 is 0.535 bits per heavy atom. The van der Waals surface area contributed by atoms with Crippen molar-refractivity contribution in [3.8, 4) is 0 Å². The minimum absolute atomic E-state index is 0.0266. The first-order valence-corrected chi connectivity index (χ1v) is 40.0. The van der Waals surface area contributed by atoms with Crippen molar-refractivity contribution < 1.29 is 24.5 Å². The van der Waals surface area contributed by atoms with Gasteiger partial charge in [0, 0.05) is 12.8 Å². The van der Waals surface area contributed by atoms with Crippen molar-refractivity contribution in [2.45, 2.75) is 475 Å². The number of amides is 1. The van der Waals surface area contributed by atoms with Gasteiger partial charge in [-0.25, -0.2) is 0 Å². The van der Waals surface area contributed by atoms with E-state index in [9.17, 15) is 19.8 Å². The molecule has 0 spiro atoms. The van der Waals surface area contributed by atoms with Crippen LogP contribution in [-0.2, 0) is 14.3 Å². The van der Waals surface area contributed by atoms with Crippen LogP contribution in [0, 0.1) is 0 Å². The first-order valence-electron chi connectivity index (χ1n) is 40.0. The van der Waals surface area contributed by atoms with Crippen molar-refractivity contribution >= 4 is 11.9 Å². The summed E-state index contributed by atoms with van der Waals surface area (Å²) in [6.45, 7) is 4.96. The van der Waals surface area contributed by atoms with E-state index in [1.54, 1.807) is 6.08 Å². The third kappa shape index (κ3) is 71.7. The normalized spacial score (nSPS) is 12.5. The van der Waals surface area contributed by atoms with Crippen LogP contribution in [0.5, 0.6) is 0 Å². The summed E-state index contributed by atoms with van der Waals surface area (Å²) in [7, 11) is 0. The highest BCUT2D eigenvalue weighted by atomic mass is 16.5. The van der Waals surface area contributed by atoms with Crippen LogP contribution in [0.25, 0.3) is 0 Å². The van der Waals surface area contributed by atoms with Crippen LogP contribution in [-0.4, -0.2) is 47.4 Å². The van der Waals surface area contributed by atoms with Gasteiger partial charge in [-0.2, -0.15) is 0 Å². The lowest BCUT2D eigenvalue weighted by Gasteiger charge is -2.20. The molecule has 86 heavy (non-hydrogen) atoms. The summed E-state index contributed by atoms with van der Waals surface area (Å²) in [5, 5.41) is 23.2. The number of aliphatic hydroxyl groups is 2. The van der Waals surface area contributed by atoms with Crippen molar-refractivity contribution in [2.75, 3.05) is 13.2 Å². The maximum absolute atomic E-state index is 12.5. The number of hydrogen-bond acceptors (Lipinski definition) is 5. The number of aliphatic hydroxyl groups excluding tert-OH is 2. The van der Waals surface area contributed by atoms with E-state index >= 15 is 0 Å². The van der Waals surface area contributed by atoms with E-state index < -0.39 is 12.1 Å². The highest BCUT2D eigenvalue weighted by Gasteiger charge is 2.18. The zero-order valence-electron chi connectivity index (χ0n) is 58.8. The van der Waals surface area contributed by atoms with Gasteiger partial charge in [-0.05, 0) is 32.1 Å². The summed E-state index contributed by atoms with van der Waals surface area (Å²) in [6.07, 6.45) is 96.3. The average Bonchev–Trinajstić information content (AvgIpc) is 3.58. The molecule has 0 saturated carbocycles. The lowest BCUT2D eigenvalue weighted by molar-refractivity contribution is -0.143. The Kier molecular flexibility index (Phi) is 74.8. The Hall–Kier alpha value is -1.40. The van der Waals surface area contributed by atoms with Crippen LogP contribution in [0.3, 0.4) is 0 Å². The second-order valence-corrected chi connectivity index (χ2v) is 27.8. The number of carbonyl (C=O) groups excluding carboxylic acids is 2. The molecule has 0 radical (unpaired) electrons. The van der Waals surface area contributed by atoms with E-state index in [0.29, 0.717) is 19.4 Å². The van der Waals surface area contributed by atoms with E-state index in [1.165, 1.54) is 398 Å². The quantitative estimate of drug-likeness (QED) is 0.0320. The van der Waals surface area contributed by atoms with Gasteiger partial charge >= 0.3 is 5.97 Å². The largest absolute Gasteiger partial charge is 0.466 e. The van der Waals surface area contributed by atoms with Gasteiger partial charge in [-0.15, -0.1) is 0 Å². The Bertz CT molecular complexity index is 1300. The molecule has 2 unspecified atom stereocenters. The molecule has 0 aromatic heterocycles. The van der Waals surface area contributed by atoms with Crippen molar-refractivity contribution in [1.29, 1.82) is 0 Å². The monoisotopic (exact) mass is 1210 g/mol. The lowest BCUT2D eigenvalue weighted by atomic mass is 10.0. The molecule has 0 fully saturated rings. The van der Waals surface area contributed by atoms with Gasteiger partial charge < -0.3 is 20.3 Å². The van der Waals surface area contributed by atoms with Gasteiger partial charge in [-0.1, -0.05) is 431 Å². The number of rotatable bonds is 76. The van der Waals surface area contributed by atoms with E-state index in [2.05, 4.69) is 19.2 Å². The first kappa shape index (κ1) is 84.6. The molecule has 0 aliphatic carbocycles. The number of esters is 1. The van der Waals surface area contributed by atoms with Gasteiger partial charge in [-0.3, -0.25) is 9.59 Å². The average molecular weight is 1210 g/mol. The van der Waals surface area contributed by atoms with Crippen LogP contribution in [0.4, 0.5) is 0 Å². The van der Waals surface area contributed by atoms with Crippen molar-refractivity contribution in [1.82, 2.24) is 5.32 Å². The van der Waals surface area contributed by atoms with Crippen LogP contribution in [0.1, 0.15) is 463 Å². The van der Waals surface area contributed by atoms with Crippen molar-refractivity contribution in [3.05, 3.63) is 12.2 Å². The summed E-state index contributed by atoms with van der Waals surface area (Å²) >= 11 is 0. The molecule has 512 valence electrons. The second kappa shape index (κ2) is 76.1. The molecule has 0 aliphatic rings. The lowest BCUT2D eigenvalue weighted by Crippen LogP contribution is -2.45. The SMILES string of the molecule is CCCCCCCCCCCCCCCCCC/C=C/C(O)C(CO)NC(=O)CCCCCCCCCCCCCCCCCCCCCCCCCCCCCCCCCCCCCCCOC(=O)CCCCCCCCCCCCCCCC. The smallest absolute Gasteiger partial charge is 0.305 e. The van der Waals surface area contributed by atoms with Crippen LogP contribution in [0.2, 0.25) is 0 Å². The fourth-order valence-electron chi connectivity index (χ4n) is 13.0. The number of hydrogen-bond donors (Lipinski definition) is 3. The second-order valence-electron chi connectivity index (χ2n) is 27.8. The minimum Gasteiger partial charge on any atom is -0.466 e.